The van der Waals surface area contributed by atoms with Crippen LogP contribution in [0.1, 0.15) is 53.8 Å². The minimum atomic E-state index is 0.0755. The van der Waals surface area contributed by atoms with E-state index < -0.39 is 0 Å². The molecule has 30 heavy (non-hydrogen) atoms. The van der Waals surface area contributed by atoms with Gasteiger partial charge in [0.15, 0.2) is 5.65 Å². The number of aromatic nitrogens is 3. The van der Waals surface area contributed by atoms with E-state index >= 15 is 0 Å². The Morgan fingerprint density at radius 2 is 2.03 bits per heavy atom. The molecule has 2 atom stereocenters. The number of methoxy groups -OCH3 is 1. The number of pyridine rings is 1. The van der Waals surface area contributed by atoms with Crippen molar-refractivity contribution >= 4 is 16.9 Å². The highest BCUT2D eigenvalue weighted by Gasteiger charge is 2.35. The van der Waals surface area contributed by atoms with Crippen LogP contribution < -0.4 is 0 Å². The molecule has 0 N–H and O–H groups in total. The average Bonchev–Trinajstić information content (AvgIpc) is 3.03. The predicted octanol–water partition coefficient (Wildman–Crippen LogP) is 2.94. The van der Waals surface area contributed by atoms with Crippen LogP contribution in [0.5, 0.6) is 0 Å². The Bertz CT molecular complexity index is 907. The standard InChI is InChI=1S/C23H35N5O2/c1-16-14-19(21-17(2)25-26(3)22(21)24-16)23(29)28(12-13-30-4)15-18-8-7-11-27-10-6-5-9-20(18)27/h14,18,20H,5-13,15H2,1-4H3. The van der Waals surface area contributed by atoms with Crippen LogP contribution in [0.3, 0.4) is 0 Å². The number of amides is 1. The van der Waals surface area contributed by atoms with Crippen LogP contribution in [-0.4, -0.2) is 76.4 Å². The molecule has 0 radical (unpaired) electrons. The first-order valence-electron chi connectivity index (χ1n) is 11.3. The van der Waals surface area contributed by atoms with Gasteiger partial charge >= 0.3 is 0 Å². The van der Waals surface area contributed by atoms with Gasteiger partial charge in [-0.1, -0.05) is 6.42 Å². The topological polar surface area (TPSA) is 63.5 Å². The van der Waals surface area contributed by atoms with Crippen LogP contribution in [-0.2, 0) is 11.8 Å². The summed E-state index contributed by atoms with van der Waals surface area (Å²) in [6.07, 6.45) is 6.31. The van der Waals surface area contributed by atoms with Gasteiger partial charge in [-0.25, -0.2) is 4.98 Å². The van der Waals surface area contributed by atoms with Gasteiger partial charge in [0.25, 0.3) is 5.91 Å². The second kappa shape index (κ2) is 9.02. The molecule has 0 spiro atoms. The first-order chi connectivity index (χ1) is 14.5. The number of piperidine rings is 2. The quantitative estimate of drug-likeness (QED) is 0.729. The van der Waals surface area contributed by atoms with E-state index in [0.29, 0.717) is 25.1 Å². The zero-order valence-electron chi connectivity index (χ0n) is 18.9. The normalized spacial score (nSPS) is 22.3. The molecule has 2 aromatic rings. The summed E-state index contributed by atoms with van der Waals surface area (Å²) in [4.78, 5) is 23.1. The highest BCUT2D eigenvalue weighted by atomic mass is 16.5. The Morgan fingerprint density at radius 1 is 1.23 bits per heavy atom. The number of hydrogen-bond acceptors (Lipinski definition) is 5. The van der Waals surface area contributed by atoms with Crippen LogP contribution in [0.15, 0.2) is 6.07 Å². The van der Waals surface area contributed by atoms with E-state index in [1.165, 1.54) is 45.2 Å². The monoisotopic (exact) mass is 413 g/mol. The van der Waals surface area contributed by atoms with Gasteiger partial charge in [-0.3, -0.25) is 9.48 Å². The summed E-state index contributed by atoms with van der Waals surface area (Å²) >= 11 is 0. The molecule has 2 aliphatic rings. The average molecular weight is 414 g/mol. The second-order valence-corrected chi connectivity index (χ2v) is 8.96. The van der Waals surface area contributed by atoms with Gasteiger partial charge in [-0.2, -0.15) is 5.10 Å². The fraction of sp³-hybridized carbons (Fsp3) is 0.696. The fourth-order valence-electron chi connectivity index (χ4n) is 5.46. The highest BCUT2D eigenvalue weighted by molar-refractivity contribution is 6.06. The fourth-order valence-corrected chi connectivity index (χ4v) is 5.46. The van der Waals surface area contributed by atoms with Crippen molar-refractivity contribution < 1.29 is 9.53 Å². The van der Waals surface area contributed by atoms with Crippen molar-refractivity contribution in [1.29, 1.82) is 0 Å². The summed E-state index contributed by atoms with van der Waals surface area (Å²) in [5, 5.41) is 5.39. The zero-order valence-corrected chi connectivity index (χ0v) is 18.9. The van der Waals surface area contributed by atoms with Crippen molar-refractivity contribution in [3.05, 3.63) is 23.0 Å². The lowest BCUT2D eigenvalue weighted by molar-refractivity contribution is 0.0316. The molecule has 164 valence electrons. The predicted molar refractivity (Wildman–Crippen MR) is 118 cm³/mol. The molecule has 0 bridgehead atoms. The van der Waals surface area contributed by atoms with E-state index in [2.05, 4.69) is 15.0 Å². The van der Waals surface area contributed by atoms with Gasteiger partial charge in [-0.05, 0) is 64.6 Å². The Morgan fingerprint density at radius 3 is 2.83 bits per heavy atom. The molecule has 0 saturated carbocycles. The number of hydrogen-bond donors (Lipinski definition) is 0. The van der Waals surface area contributed by atoms with E-state index in [9.17, 15) is 4.79 Å². The number of carbonyl (C=O) groups is 1. The first-order valence-corrected chi connectivity index (χ1v) is 11.3. The zero-order chi connectivity index (χ0) is 21.3. The molecule has 4 heterocycles. The van der Waals surface area contributed by atoms with Crippen molar-refractivity contribution in [1.82, 2.24) is 24.6 Å². The Balaban J connectivity index is 1.64. The lowest BCUT2D eigenvalue weighted by Gasteiger charge is -2.45. The summed E-state index contributed by atoms with van der Waals surface area (Å²) in [6, 6.07) is 2.54. The molecule has 1 amide bonds. The third kappa shape index (κ3) is 4.10. The lowest BCUT2D eigenvalue weighted by atomic mass is 9.83. The Labute approximate surface area is 179 Å². The molecule has 7 nitrogen and oxygen atoms in total. The van der Waals surface area contributed by atoms with E-state index in [0.717, 1.165) is 34.5 Å². The van der Waals surface area contributed by atoms with E-state index in [4.69, 9.17) is 4.74 Å². The Hall–Kier alpha value is -1.99. The van der Waals surface area contributed by atoms with Crippen molar-refractivity contribution in [3.8, 4) is 0 Å². The summed E-state index contributed by atoms with van der Waals surface area (Å²) in [5.41, 5.74) is 3.19. The smallest absolute Gasteiger partial charge is 0.254 e. The molecule has 2 unspecified atom stereocenters. The van der Waals surface area contributed by atoms with Gasteiger partial charge in [-0.15, -0.1) is 0 Å². The van der Waals surface area contributed by atoms with E-state index in [1.807, 2.05) is 31.9 Å². The molecule has 2 aliphatic heterocycles. The van der Waals surface area contributed by atoms with Crippen LogP contribution in [0.2, 0.25) is 0 Å². The molecule has 2 fully saturated rings. The highest BCUT2D eigenvalue weighted by Crippen LogP contribution is 2.32. The van der Waals surface area contributed by atoms with Crippen molar-refractivity contribution in [2.24, 2.45) is 13.0 Å². The van der Waals surface area contributed by atoms with Crippen molar-refractivity contribution in [2.75, 3.05) is 39.9 Å². The largest absolute Gasteiger partial charge is 0.383 e. The van der Waals surface area contributed by atoms with Gasteiger partial charge in [0.1, 0.15) is 0 Å². The number of fused-ring (bicyclic) bond motifs is 2. The number of aryl methyl sites for hydroxylation is 3. The molecular weight excluding hydrogens is 378 g/mol. The van der Waals surface area contributed by atoms with Crippen molar-refractivity contribution in [2.45, 2.75) is 52.0 Å². The summed E-state index contributed by atoms with van der Waals surface area (Å²) in [5.74, 6) is 0.611. The van der Waals surface area contributed by atoms with E-state index in [-0.39, 0.29) is 5.91 Å². The van der Waals surface area contributed by atoms with Crippen LogP contribution in [0.25, 0.3) is 11.0 Å². The maximum Gasteiger partial charge on any atom is 0.254 e. The lowest BCUT2D eigenvalue weighted by Crippen LogP contribution is -2.52. The number of nitrogens with zero attached hydrogens (tertiary/aromatic N) is 5. The molecule has 2 saturated heterocycles. The van der Waals surface area contributed by atoms with Crippen LogP contribution in [0.4, 0.5) is 0 Å². The molecule has 4 rings (SSSR count). The summed E-state index contributed by atoms with van der Waals surface area (Å²) in [6.45, 7) is 8.28. The van der Waals surface area contributed by atoms with Gasteiger partial charge in [0.2, 0.25) is 0 Å². The van der Waals surface area contributed by atoms with Crippen LogP contribution in [0, 0.1) is 19.8 Å². The maximum atomic E-state index is 13.8. The van der Waals surface area contributed by atoms with Gasteiger partial charge in [0.05, 0.1) is 23.3 Å². The molecule has 0 aromatic carbocycles. The van der Waals surface area contributed by atoms with Crippen LogP contribution >= 0.6 is 0 Å². The SMILES string of the molecule is COCCN(CC1CCCN2CCCCC12)C(=O)c1cc(C)nc2c1c(C)nn2C. The molecular formula is C23H35N5O2. The van der Waals surface area contributed by atoms with Crippen molar-refractivity contribution in [3.63, 3.8) is 0 Å². The van der Waals surface area contributed by atoms with E-state index in [1.54, 1.807) is 11.8 Å². The summed E-state index contributed by atoms with van der Waals surface area (Å²) in [7, 11) is 3.59. The molecule has 2 aromatic heterocycles. The second-order valence-electron chi connectivity index (χ2n) is 8.96. The van der Waals surface area contributed by atoms with Gasteiger partial charge in [0, 0.05) is 39.0 Å². The number of rotatable bonds is 6. The molecule has 0 aliphatic carbocycles. The Kier molecular flexibility index (Phi) is 6.39. The molecule has 7 heteroatoms. The number of ether oxygens (including phenoxy) is 1. The third-order valence-electron chi connectivity index (χ3n) is 6.86. The van der Waals surface area contributed by atoms with Gasteiger partial charge < -0.3 is 14.5 Å². The minimum Gasteiger partial charge on any atom is -0.383 e. The first kappa shape index (κ1) is 21.2. The maximum absolute atomic E-state index is 13.8. The third-order valence-corrected chi connectivity index (χ3v) is 6.86. The number of carbonyl (C=O) groups excluding carboxylic acids is 1. The minimum absolute atomic E-state index is 0.0755. The summed E-state index contributed by atoms with van der Waals surface area (Å²) < 4.78 is 7.13.